The molecule has 0 saturated carbocycles. The molecule has 1 amide bonds. The number of hydrogen-bond donors (Lipinski definition) is 2. The number of nitrogens with zero attached hydrogens (tertiary/aromatic N) is 5. The summed E-state index contributed by atoms with van der Waals surface area (Å²) in [5.41, 5.74) is 8.79. The number of nitrogens with two attached hydrogens (primary N) is 1. The number of anilines is 2. The second kappa shape index (κ2) is 7.91. The number of carbonyl (C=O) groups excluding carboxylic acids is 1. The third-order valence-corrected chi connectivity index (χ3v) is 6.50. The summed E-state index contributed by atoms with van der Waals surface area (Å²) in [6.07, 6.45) is 5.57. The van der Waals surface area contributed by atoms with E-state index in [0.717, 1.165) is 5.56 Å². The van der Waals surface area contributed by atoms with E-state index in [1.54, 1.807) is 54.2 Å². The highest BCUT2D eigenvalue weighted by Crippen LogP contribution is 2.44. The van der Waals surface area contributed by atoms with Crippen LogP contribution in [-0.2, 0) is 16.6 Å². The monoisotopic (exact) mass is 483 g/mol. The molecule has 0 radical (unpaired) electrons. The van der Waals surface area contributed by atoms with Gasteiger partial charge in [-0.1, -0.05) is 24.3 Å². The summed E-state index contributed by atoms with van der Waals surface area (Å²) < 4.78 is 28.7. The van der Waals surface area contributed by atoms with Crippen LogP contribution in [0.1, 0.15) is 29.3 Å². The summed E-state index contributed by atoms with van der Waals surface area (Å²) in [4.78, 5) is 31.3. The van der Waals surface area contributed by atoms with E-state index < -0.39 is 11.2 Å². The van der Waals surface area contributed by atoms with Gasteiger partial charge in [-0.25, -0.2) is 28.7 Å². The molecule has 0 spiro atoms. The van der Waals surface area contributed by atoms with Gasteiger partial charge in [-0.2, -0.15) is 0 Å². The van der Waals surface area contributed by atoms with Crippen molar-refractivity contribution in [3.05, 3.63) is 101 Å². The van der Waals surface area contributed by atoms with Gasteiger partial charge in [0.1, 0.15) is 34.4 Å². The quantitative estimate of drug-likeness (QED) is 0.401. The lowest BCUT2D eigenvalue weighted by atomic mass is 9.78. The fraction of sp³-hybridized carbons (Fsp3) is 0.115. The van der Waals surface area contributed by atoms with E-state index in [1.165, 1.54) is 24.3 Å². The molecule has 4 heterocycles. The van der Waals surface area contributed by atoms with Gasteiger partial charge in [0, 0.05) is 25.0 Å². The maximum absolute atomic E-state index is 13.5. The Kier molecular flexibility index (Phi) is 4.78. The van der Waals surface area contributed by atoms with Crippen molar-refractivity contribution in [1.29, 1.82) is 0 Å². The number of fused-ring (bicyclic) bond motifs is 2. The summed E-state index contributed by atoms with van der Waals surface area (Å²) in [7, 11) is 0. The van der Waals surface area contributed by atoms with Crippen molar-refractivity contribution in [2.24, 2.45) is 0 Å². The van der Waals surface area contributed by atoms with Gasteiger partial charge in [0.2, 0.25) is 5.91 Å². The standard InChI is InChI=1S/C26H19F2N7O/c1-26(15-4-8-17(28)9-5-15)20-21(29)32-22(33-23(20)34-25(26)36)19-13-35-11-10-30-24(35)18(31-19)12-14-2-6-16(27)7-3-14/h2-11,13H,12H2,1H3,(H3,29,32,33,34,36). The first-order chi connectivity index (χ1) is 17.3. The molecular formula is C26H19F2N7O. The largest absolute Gasteiger partial charge is 0.383 e. The van der Waals surface area contributed by atoms with Crippen LogP contribution in [0.4, 0.5) is 20.4 Å². The van der Waals surface area contributed by atoms with Gasteiger partial charge in [-0.3, -0.25) is 4.79 Å². The highest BCUT2D eigenvalue weighted by Gasteiger charge is 2.47. The molecule has 1 aliphatic heterocycles. The predicted molar refractivity (Wildman–Crippen MR) is 129 cm³/mol. The van der Waals surface area contributed by atoms with Crippen LogP contribution in [-0.4, -0.2) is 30.2 Å². The van der Waals surface area contributed by atoms with Crippen molar-refractivity contribution >= 4 is 23.2 Å². The number of amides is 1. The van der Waals surface area contributed by atoms with E-state index in [-0.39, 0.29) is 29.2 Å². The molecule has 10 heteroatoms. The lowest BCUT2D eigenvalue weighted by Crippen LogP contribution is -2.33. The van der Waals surface area contributed by atoms with Crippen LogP contribution in [0.5, 0.6) is 0 Å². The first kappa shape index (κ1) is 21.8. The molecule has 8 nitrogen and oxygen atoms in total. The molecule has 3 aromatic heterocycles. The molecule has 1 unspecified atom stereocenters. The van der Waals surface area contributed by atoms with Crippen molar-refractivity contribution in [2.75, 3.05) is 11.1 Å². The number of halogens is 2. The van der Waals surface area contributed by atoms with Gasteiger partial charge in [-0.05, 0) is 42.3 Å². The van der Waals surface area contributed by atoms with Crippen LogP contribution in [0, 0.1) is 11.6 Å². The zero-order valence-corrected chi connectivity index (χ0v) is 19.0. The van der Waals surface area contributed by atoms with Crippen molar-refractivity contribution in [3.8, 4) is 11.5 Å². The van der Waals surface area contributed by atoms with Gasteiger partial charge in [0.05, 0.1) is 11.3 Å². The molecule has 6 rings (SSSR count). The Hall–Kier alpha value is -4.73. The molecule has 2 aromatic carbocycles. The van der Waals surface area contributed by atoms with Crippen LogP contribution >= 0.6 is 0 Å². The molecule has 178 valence electrons. The van der Waals surface area contributed by atoms with E-state index in [2.05, 4.69) is 20.3 Å². The smallest absolute Gasteiger partial charge is 0.240 e. The SMILES string of the molecule is CC1(c2ccc(F)cc2)C(=O)Nc2nc(-c3cn4ccnc4c(Cc4ccc(F)cc4)n3)nc(N)c21. The van der Waals surface area contributed by atoms with Crippen molar-refractivity contribution in [1.82, 2.24) is 24.3 Å². The van der Waals surface area contributed by atoms with Crippen molar-refractivity contribution < 1.29 is 13.6 Å². The van der Waals surface area contributed by atoms with Crippen molar-refractivity contribution in [3.63, 3.8) is 0 Å². The lowest BCUT2D eigenvalue weighted by Gasteiger charge is -2.23. The number of nitrogen functional groups attached to an aromatic ring is 1. The summed E-state index contributed by atoms with van der Waals surface area (Å²) in [5, 5.41) is 2.80. The maximum atomic E-state index is 13.5. The topological polar surface area (TPSA) is 111 Å². The highest BCUT2D eigenvalue weighted by atomic mass is 19.1. The van der Waals surface area contributed by atoms with Gasteiger partial charge in [0.15, 0.2) is 11.5 Å². The molecule has 0 fully saturated rings. The number of nitrogens with one attached hydrogen (secondary N) is 1. The molecular weight excluding hydrogens is 464 g/mol. The number of imidazole rings is 1. The van der Waals surface area contributed by atoms with Crippen LogP contribution in [0.25, 0.3) is 17.2 Å². The number of rotatable bonds is 4. The minimum Gasteiger partial charge on any atom is -0.383 e. The Labute approximate surface area is 203 Å². The maximum Gasteiger partial charge on any atom is 0.240 e. The highest BCUT2D eigenvalue weighted by molar-refractivity contribution is 6.09. The fourth-order valence-electron chi connectivity index (χ4n) is 4.60. The molecule has 1 aliphatic rings. The minimum atomic E-state index is -1.18. The van der Waals surface area contributed by atoms with Crippen molar-refractivity contribution in [2.45, 2.75) is 18.8 Å². The lowest BCUT2D eigenvalue weighted by molar-refractivity contribution is -0.119. The van der Waals surface area contributed by atoms with Gasteiger partial charge in [-0.15, -0.1) is 0 Å². The van der Waals surface area contributed by atoms with E-state index in [4.69, 9.17) is 10.7 Å². The zero-order valence-electron chi connectivity index (χ0n) is 19.0. The predicted octanol–water partition coefficient (Wildman–Crippen LogP) is 3.90. The molecule has 3 N–H and O–H groups in total. The Morgan fingerprint density at radius 2 is 1.69 bits per heavy atom. The zero-order chi connectivity index (χ0) is 25.0. The summed E-state index contributed by atoms with van der Waals surface area (Å²) in [5.74, 6) is -0.432. The average Bonchev–Trinajstić information content (AvgIpc) is 3.44. The van der Waals surface area contributed by atoms with Gasteiger partial charge >= 0.3 is 0 Å². The first-order valence-corrected chi connectivity index (χ1v) is 11.2. The van der Waals surface area contributed by atoms with Crippen LogP contribution in [0.15, 0.2) is 67.1 Å². The van der Waals surface area contributed by atoms with Crippen LogP contribution in [0.2, 0.25) is 0 Å². The Bertz CT molecular complexity index is 1650. The molecule has 36 heavy (non-hydrogen) atoms. The molecule has 1 atom stereocenters. The normalized spacial score (nSPS) is 16.8. The second-order valence-electron chi connectivity index (χ2n) is 8.78. The second-order valence-corrected chi connectivity index (χ2v) is 8.78. The fourth-order valence-corrected chi connectivity index (χ4v) is 4.60. The third-order valence-electron chi connectivity index (χ3n) is 6.50. The number of benzene rings is 2. The van der Waals surface area contributed by atoms with Gasteiger partial charge in [0.25, 0.3) is 0 Å². The van der Waals surface area contributed by atoms with Crippen LogP contribution < -0.4 is 11.1 Å². The Morgan fingerprint density at radius 3 is 2.42 bits per heavy atom. The molecule has 0 saturated heterocycles. The number of aromatic nitrogens is 5. The van der Waals surface area contributed by atoms with E-state index in [9.17, 15) is 13.6 Å². The minimum absolute atomic E-state index is 0.118. The van der Waals surface area contributed by atoms with E-state index >= 15 is 0 Å². The Balaban J connectivity index is 1.45. The van der Waals surface area contributed by atoms with E-state index in [1.807, 2.05) is 0 Å². The molecule has 0 bridgehead atoms. The first-order valence-electron chi connectivity index (χ1n) is 11.2. The van der Waals surface area contributed by atoms with E-state index in [0.29, 0.717) is 34.6 Å². The average molecular weight is 483 g/mol. The Morgan fingerprint density at radius 1 is 1.00 bits per heavy atom. The molecule has 5 aromatic rings. The molecule has 0 aliphatic carbocycles. The number of carbonyl (C=O) groups is 1. The number of hydrogen-bond acceptors (Lipinski definition) is 6. The van der Waals surface area contributed by atoms with Gasteiger partial charge < -0.3 is 15.5 Å². The summed E-state index contributed by atoms with van der Waals surface area (Å²) >= 11 is 0. The summed E-state index contributed by atoms with van der Waals surface area (Å²) in [6, 6.07) is 11.9. The third kappa shape index (κ3) is 3.37. The summed E-state index contributed by atoms with van der Waals surface area (Å²) in [6.45, 7) is 1.71. The van der Waals surface area contributed by atoms with Crippen LogP contribution in [0.3, 0.4) is 0 Å².